The van der Waals surface area contributed by atoms with Crippen molar-refractivity contribution in [2.45, 2.75) is 38.7 Å². The lowest BCUT2D eigenvalue weighted by atomic mass is 9.81. The van der Waals surface area contributed by atoms with Crippen molar-refractivity contribution < 1.29 is 14.3 Å². The molecule has 0 unspecified atom stereocenters. The smallest absolute Gasteiger partial charge is 0.272 e. The van der Waals surface area contributed by atoms with E-state index in [0.717, 1.165) is 11.1 Å². The van der Waals surface area contributed by atoms with E-state index in [4.69, 9.17) is 16.3 Å². The summed E-state index contributed by atoms with van der Waals surface area (Å²) in [4.78, 5) is 31.4. The van der Waals surface area contributed by atoms with E-state index in [2.05, 4.69) is 4.98 Å². The summed E-state index contributed by atoms with van der Waals surface area (Å²) in [5.74, 6) is 0.613. The molecule has 0 radical (unpaired) electrons. The zero-order valence-corrected chi connectivity index (χ0v) is 16.2. The first-order chi connectivity index (χ1) is 12.9. The highest BCUT2D eigenvalue weighted by Crippen LogP contribution is 2.43. The second kappa shape index (κ2) is 6.64. The summed E-state index contributed by atoms with van der Waals surface area (Å²) in [5, 5.41) is 0.623. The van der Waals surface area contributed by atoms with Crippen LogP contribution in [-0.2, 0) is 0 Å². The molecule has 3 heterocycles. The normalized spacial score (nSPS) is 18.2. The third-order valence-corrected chi connectivity index (χ3v) is 6.16. The van der Waals surface area contributed by atoms with E-state index in [9.17, 15) is 9.59 Å². The molecule has 0 aliphatic carbocycles. The van der Waals surface area contributed by atoms with Gasteiger partial charge in [-0.1, -0.05) is 17.7 Å². The minimum Gasteiger partial charge on any atom is -0.486 e. The number of aromatic nitrogens is 1. The van der Waals surface area contributed by atoms with E-state index in [-0.39, 0.29) is 11.7 Å². The van der Waals surface area contributed by atoms with Crippen molar-refractivity contribution in [2.75, 3.05) is 13.1 Å². The minimum atomic E-state index is -0.544. The number of Topliss-reactive ketones (excluding diaryl/α,β-unsaturated/α-hetero) is 1. The molecule has 140 valence electrons. The molecule has 1 spiro atoms. The second-order valence-electron chi connectivity index (χ2n) is 7.40. The van der Waals surface area contributed by atoms with Crippen LogP contribution < -0.4 is 4.74 Å². The number of fused-ring (bicyclic) bond motifs is 1. The predicted octanol–water partition coefficient (Wildman–Crippen LogP) is 3.99. The Morgan fingerprint density at radius 3 is 2.67 bits per heavy atom. The molecule has 0 N–H and O–H groups in total. The van der Waals surface area contributed by atoms with Crippen molar-refractivity contribution in [1.29, 1.82) is 0 Å². The quantitative estimate of drug-likeness (QED) is 0.745. The maximum atomic E-state index is 12.9. The van der Waals surface area contributed by atoms with Crippen molar-refractivity contribution in [2.24, 2.45) is 0 Å². The Morgan fingerprint density at radius 2 is 2.00 bits per heavy atom. The van der Waals surface area contributed by atoms with Crippen molar-refractivity contribution in [3.05, 3.63) is 57.9 Å². The van der Waals surface area contributed by atoms with Crippen molar-refractivity contribution >= 4 is 23.3 Å². The van der Waals surface area contributed by atoms with Crippen molar-refractivity contribution in [1.82, 2.24) is 9.88 Å². The number of ketones is 1. The molecule has 0 saturated carbocycles. The molecule has 27 heavy (non-hydrogen) atoms. The molecule has 4 rings (SSSR count). The van der Waals surface area contributed by atoms with E-state index in [1.165, 1.54) is 0 Å². The summed E-state index contributed by atoms with van der Waals surface area (Å²) in [6, 6.07) is 7.17. The number of benzene rings is 1. The molecule has 2 aliphatic rings. The molecule has 1 fully saturated rings. The minimum absolute atomic E-state index is 0.0696. The Hall–Kier alpha value is -2.40. The van der Waals surface area contributed by atoms with Crippen LogP contribution in [0.2, 0.25) is 5.02 Å². The van der Waals surface area contributed by atoms with Gasteiger partial charge in [-0.25, -0.2) is 0 Å². The molecule has 1 amide bonds. The molecule has 1 aromatic carbocycles. The van der Waals surface area contributed by atoms with Gasteiger partial charge in [-0.2, -0.15) is 0 Å². The zero-order valence-electron chi connectivity index (χ0n) is 15.4. The Bertz CT molecular complexity index is 919. The fraction of sp³-hybridized carbons (Fsp3) is 0.381. The number of carbonyl (C=O) groups excluding carboxylic acids is 2. The number of hydrogen-bond acceptors (Lipinski definition) is 4. The molecule has 1 aromatic heterocycles. The van der Waals surface area contributed by atoms with Crippen LogP contribution in [0.4, 0.5) is 0 Å². The van der Waals surface area contributed by atoms with Crippen LogP contribution in [-0.4, -0.2) is 40.3 Å². The Kier molecular flexibility index (Phi) is 4.42. The summed E-state index contributed by atoms with van der Waals surface area (Å²) in [6.07, 6.45) is 3.19. The summed E-state index contributed by atoms with van der Waals surface area (Å²) in [5.41, 5.74) is 2.19. The average molecular weight is 385 g/mol. The number of pyridine rings is 1. The van der Waals surface area contributed by atoms with Gasteiger partial charge in [0, 0.05) is 37.2 Å². The van der Waals surface area contributed by atoms with Crippen LogP contribution >= 0.6 is 11.6 Å². The summed E-state index contributed by atoms with van der Waals surface area (Å²) in [7, 11) is 0. The van der Waals surface area contributed by atoms with Crippen LogP contribution in [0.1, 0.15) is 51.2 Å². The Balaban J connectivity index is 1.54. The lowest BCUT2D eigenvalue weighted by Crippen LogP contribution is -2.52. The van der Waals surface area contributed by atoms with E-state index in [1.54, 1.807) is 29.3 Å². The predicted molar refractivity (Wildman–Crippen MR) is 103 cm³/mol. The zero-order chi connectivity index (χ0) is 19.2. The van der Waals surface area contributed by atoms with E-state index >= 15 is 0 Å². The molecule has 1 saturated heterocycles. The van der Waals surface area contributed by atoms with E-state index < -0.39 is 5.60 Å². The van der Waals surface area contributed by atoms with Crippen LogP contribution in [0.25, 0.3) is 0 Å². The topological polar surface area (TPSA) is 59.5 Å². The van der Waals surface area contributed by atoms with Gasteiger partial charge in [0.2, 0.25) is 0 Å². The number of amides is 1. The van der Waals surface area contributed by atoms with Gasteiger partial charge in [0.25, 0.3) is 5.91 Å². The maximum absolute atomic E-state index is 12.9. The monoisotopic (exact) mass is 384 g/mol. The van der Waals surface area contributed by atoms with Crippen LogP contribution in [0.3, 0.4) is 0 Å². The third-order valence-electron chi connectivity index (χ3n) is 5.58. The number of rotatable bonds is 1. The number of carbonyl (C=O) groups is 2. The van der Waals surface area contributed by atoms with Crippen LogP contribution in [0.15, 0.2) is 30.5 Å². The van der Waals surface area contributed by atoms with Gasteiger partial charge in [0.1, 0.15) is 17.0 Å². The highest BCUT2D eigenvalue weighted by atomic mass is 35.5. The van der Waals surface area contributed by atoms with Crippen molar-refractivity contribution in [3.8, 4) is 5.75 Å². The van der Waals surface area contributed by atoms with Gasteiger partial charge >= 0.3 is 0 Å². The number of ether oxygens (including phenoxy) is 1. The molecule has 5 nitrogen and oxygen atoms in total. The van der Waals surface area contributed by atoms with Crippen molar-refractivity contribution in [3.63, 3.8) is 0 Å². The first-order valence-electron chi connectivity index (χ1n) is 9.12. The first kappa shape index (κ1) is 18.0. The van der Waals surface area contributed by atoms with Crippen LogP contribution in [0.5, 0.6) is 5.75 Å². The third kappa shape index (κ3) is 3.10. The maximum Gasteiger partial charge on any atom is 0.272 e. The molecule has 2 aromatic rings. The Morgan fingerprint density at radius 1 is 1.26 bits per heavy atom. The SMILES string of the molecule is Cc1cc2c(c(C)c1Cl)C(=O)CC1(CCN(C(=O)c3ccccn3)CC1)O2. The number of piperidine rings is 1. The fourth-order valence-corrected chi connectivity index (χ4v) is 4.20. The molecular formula is C21H21ClN2O3. The highest BCUT2D eigenvalue weighted by Gasteiger charge is 2.44. The number of nitrogens with zero attached hydrogens (tertiary/aromatic N) is 2. The van der Waals surface area contributed by atoms with Gasteiger partial charge in [0.15, 0.2) is 5.78 Å². The lowest BCUT2D eigenvalue weighted by Gasteiger charge is -2.44. The fourth-order valence-electron chi connectivity index (χ4n) is 4.05. The summed E-state index contributed by atoms with van der Waals surface area (Å²) < 4.78 is 6.35. The standard InChI is InChI=1S/C21H21ClN2O3/c1-13-11-17-18(14(2)19(13)22)16(25)12-21(27-17)6-9-24(10-7-21)20(26)15-5-3-4-8-23-15/h3-5,8,11H,6-7,9-10,12H2,1-2H3. The second-order valence-corrected chi connectivity index (χ2v) is 7.78. The number of aryl methyl sites for hydroxylation is 1. The highest BCUT2D eigenvalue weighted by molar-refractivity contribution is 6.32. The van der Waals surface area contributed by atoms with Gasteiger partial charge in [-0.15, -0.1) is 0 Å². The average Bonchev–Trinajstić information content (AvgIpc) is 2.66. The molecule has 6 heteroatoms. The number of likely N-dealkylation sites (tertiary alicyclic amines) is 1. The number of hydrogen-bond donors (Lipinski definition) is 0. The molecule has 0 atom stereocenters. The first-order valence-corrected chi connectivity index (χ1v) is 9.50. The van der Waals surface area contributed by atoms with E-state index in [0.29, 0.717) is 54.4 Å². The summed E-state index contributed by atoms with van der Waals surface area (Å²) in [6.45, 7) is 4.87. The van der Waals surface area contributed by atoms with Gasteiger partial charge in [0.05, 0.1) is 12.0 Å². The number of halogens is 1. The van der Waals surface area contributed by atoms with E-state index in [1.807, 2.05) is 19.9 Å². The Labute approximate surface area is 163 Å². The van der Waals surface area contributed by atoms with Gasteiger partial charge in [-0.3, -0.25) is 14.6 Å². The van der Waals surface area contributed by atoms with Crippen LogP contribution in [0, 0.1) is 13.8 Å². The van der Waals surface area contributed by atoms with Gasteiger partial charge < -0.3 is 9.64 Å². The lowest BCUT2D eigenvalue weighted by molar-refractivity contribution is -0.00594. The molecule has 2 aliphatic heterocycles. The summed E-state index contributed by atoms with van der Waals surface area (Å²) >= 11 is 6.31. The van der Waals surface area contributed by atoms with Gasteiger partial charge in [-0.05, 0) is 43.2 Å². The largest absolute Gasteiger partial charge is 0.486 e. The molecular weight excluding hydrogens is 364 g/mol. The molecule has 0 bridgehead atoms.